The fourth-order valence-corrected chi connectivity index (χ4v) is 6.53. The van der Waals surface area contributed by atoms with E-state index in [9.17, 15) is 0 Å². The molecule has 0 fully saturated rings. The molecule has 0 saturated carbocycles. The first-order valence-corrected chi connectivity index (χ1v) is 14.9. The third kappa shape index (κ3) is 4.06. The number of hydrogen-bond donors (Lipinski definition) is 0. The number of fused-ring (bicyclic) bond motifs is 9. The van der Waals surface area contributed by atoms with Crippen molar-refractivity contribution in [3.05, 3.63) is 157 Å². The van der Waals surface area contributed by atoms with Gasteiger partial charge in [-0.15, -0.1) is 0 Å². The molecule has 4 heteroatoms. The van der Waals surface area contributed by atoms with Gasteiger partial charge in [-0.2, -0.15) is 0 Å². The van der Waals surface area contributed by atoms with Crippen LogP contribution in [0.5, 0.6) is 0 Å². The van der Waals surface area contributed by atoms with Gasteiger partial charge in [-0.1, -0.05) is 91.0 Å². The number of hydrogen-bond acceptors (Lipinski definition) is 2. The zero-order chi connectivity index (χ0) is 29.9. The van der Waals surface area contributed by atoms with Crippen molar-refractivity contribution < 1.29 is 0 Å². The van der Waals surface area contributed by atoms with Crippen molar-refractivity contribution in [2.75, 3.05) is 0 Å². The summed E-state index contributed by atoms with van der Waals surface area (Å²) in [4.78, 5) is 13.7. The Labute approximate surface area is 259 Å². The zero-order valence-corrected chi connectivity index (χ0v) is 24.1. The molecule has 0 spiro atoms. The number of nitrogens with zero attached hydrogens (tertiary/aromatic N) is 4. The van der Waals surface area contributed by atoms with Gasteiger partial charge in [-0.25, -0.2) is 14.8 Å². The Kier molecular flexibility index (Phi) is 5.53. The molecule has 0 aliphatic rings. The van der Waals surface area contributed by atoms with Crippen LogP contribution in [-0.4, -0.2) is 14.4 Å². The van der Waals surface area contributed by atoms with Gasteiger partial charge in [-0.05, 0) is 87.4 Å². The molecule has 208 valence electrons. The molecule has 0 bridgehead atoms. The molecular formula is C41H24N4. The maximum Gasteiger partial charge on any atom is 0.187 e. The van der Waals surface area contributed by atoms with E-state index in [1.165, 1.54) is 21.9 Å². The fraction of sp³-hybridized carbons (Fsp3) is 0. The average Bonchev–Trinajstić information content (AvgIpc) is 3.51. The zero-order valence-electron chi connectivity index (χ0n) is 24.1. The molecule has 6 aromatic carbocycles. The first-order valence-electron chi connectivity index (χ1n) is 14.9. The van der Waals surface area contributed by atoms with E-state index in [-0.39, 0.29) is 0 Å². The summed E-state index contributed by atoms with van der Waals surface area (Å²) in [6.07, 6.45) is 0. The second kappa shape index (κ2) is 9.87. The van der Waals surface area contributed by atoms with Crippen molar-refractivity contribution in [3.63, 3.8) is 0 Å². The summed E-state index contributed by atoms with van der Waals surface area (Å²) in [7, 11) is 0. The van der Waals surface area contributed by atoms with Crippen molar-refractivity contribution in [2.24, 2.45) is 0 Å². The molecule has 45 heavy (non-hydrogen) atoms. The van der Waals surface area contributed by atoms with E-state index in [0.29, 0.717) is 5.69 Å². The Balaban J connectivity index is 1.29. The minimum absolute atomic E-state index is 0.623. The van der Waals surface area contributed by atoms with E-state index in [1.807, 2.05) is 42.5 Å². The van der Waals surface area contributed by atoms with Gasteiger partial charge < -0.3 is 0 Å². The van der Waals surface area contributed by atoms with Crippen LogP contribution in [0.2, 0.25) is 0 Å². The number of para-hydroxylation sites is 2. The van der Waals surface area contributed by atoms with Crippen molar-refractivity contribution in [2.45, 2.75) is 0 Å². The number of rotatable bonds is 3. The maximum atomic E-state index is 7.27. The summed E-state index contributed by atoms with van der Waals surface area (Å²) in [6.45, 7) is 7.27. The first kappa shape index (κ1) is 25.2. The second-order valence-electron chi connectivity index (χ2n) is 11.4. The summed E-state index contributed by atoms with van der Waals surface area (Å²) in [5, 5.41) is 5.88. The van der Waals surface area contributed by atoms with Crippen LogP contribution >= 0.6 is 0 Å². The highest BCUT2D eigenvalue weighted by molar-refractivity contribution is 6.15. The Bertz CT molecular complexity index is 2660. The van der Waals surface area contributed by atoms with E-state index in [2.05, 4.69) is 112 Å². The lowest BCUT2D eigenvalue weighted by molar-refractivity contribution is 1.31. The van der Waals surface area contributed by atoms with Gasteiger partial charge >= 0.3 is 0 Å². The van der Waals surface area contributed by atoms with E-state index in [0.717, 1.165) is 60.9 Å². The standard InChI is InChI=1S/C41H24N4/c1-42-32-19-15-27(16-20-32)36-10-6-11-37(43-36)31-18-22-39-35(25-31)34-24-30(29-14-13-26-7-2-3-8-28(26)23-29)17-21-33(34)41-44-38-9-4-5-12-40(38)45(39)41/h2-25H. The van der Waals surface area contributed by atoms with Crippen LogP contribution in [0.15, 0.2) is 146 Å². The van der Waals surface area contributed by atoms with E-state index >= 15 is 0 Å². The van der Waals surface area contributed by atoms with Crippen LogP contribution < -0.4 is 0 Å². The quantitative estimate of drug-likeness (QED) is 0.156. The molecule has 0 unspecified atom stereocenters. The highest BCUT2D eigenvalue weighted by Crippen LogP contribution is 2.37. The van der Waals surface area contributed by atoms with Crippen molar-refractivity contribution in [1.29, 1.82) is 0 Å². The minimum atomic E-state index is 0.623. The lowest BCUT2D eigenvalue weighted by atomic mass is 9.96. The van der Waals surface area contributed by atoms with E-state index < -0.39 is 0 Å². The molecule has 9 rings (SSSR count). The average molecular weight is 573 g/mol. The highest BCUT2D eigenvalue weighted by Gasteiger charge is 2.16. The molecule has 0 atom stereocenters. The molecule has 3 aromatic heterocycles. The van der Waals surface area contributed by atoms with Crippen LogP contribution in [0.1, 0.15) is 0 Å². The maximum absolute atomic E-state index is 7.27. The van der Waals surface area contributed by atoms with Gasteiger partial charge in [0.2, 0.25) is 0 Å². The number of imidazole rings is 1. The van der Waals surface area contributed by atoms with Crippen molar-refractivity contribution >= 4 is 54.8 Å². The van der Waals surface area contributed by atoms with Gasteiger partial charge in [0.1, 0.15) is 5.65 Å². The van der Waals surface area contributed by atoms with Crippen LogP contribution in [0.3, 0.4) is 0 Å². The summed E-state index contributed by atoms with van der Waals surface area (Å²) in [6, 6.07) is 50.6. The normalized spacial score (nSPS) is 11.5. The van der Waals surface area contributed by atoms with Crippen LogP contribution in [-0.2, 0) is 0 Å². The van der Waals surface area contributed by atoms with Gasteiger partial charge in [-0.3, -0.25) is 4.40 Å². The number of benzene rings is 6. The lowest BCUT2D eigenvalue weighted by Crippen LogP contribution is -1.94. The van der Waals surface area contributed by atoms with Gasteiger partial charge in [0.05, 0.1) is 34.5 Å². The van der Waals surface area contributed by atoms with Crippen LogP contribution in [0.25, 0.3) is 87.6 Å². The SMILES string of the molecule is [C-]#[N+]c1ccc(-c2cccc(-c3ccc4c(c3)c3cc(-c5ccc6ccccc6c5)ccc3c3nc5ccccc5n43)n2)cc1. The predicted octanol–water partition coefficient (Wildman–Crippen LogP) is 10.9. The van der Waals surface area contributed by atoms with Gasteiger partial charge in [0.15, 0.2) is 5.69 Å². The summed E-state index contributed by atoms with van der Waals surface area (Å²) >= 11 is 0. The Hall–Kier alpha value is -6.31. The summed E-state index contributed by atoms with van der Waals surface area (Å²) < 4.78 is 2.29. The van der Waals surface area contributed by atoms with E-state index in [1.54, 1.807) is 0 Å². The number of aromatic nitrogens is 3. The highest BCUT2D eigenvalue weighted by atomic mass is 15.0. The molecule has 3 heterocycles. The van der Waals surface area contributed by atoms with Crippen molar-refractivity contribution in [1.82, 2.24) is 14.4 Å². The molecule has 0 amide bonds. The topological polar surface area (TPSA) is 34.5 Å². The third-order valence-electron chi connectivity index (χ3n) is 8.77. The lowest BCUT2D eigenvalue weighted by Gasteiger charge is -2.13. The molecule has 0 saturated heterocycles. The van der Waals surface area contributed by atoms with Crippen molar-refractivity contribution in [3.8, 4) is 33.6 Å². The number of pyridine rings is 2. The van der Waals surface area contributed by atoms with Crippen LogP contribution in [0.4, 0.5) is 5.69 Å². The summed E-state index contributed by atoms with van der Waals surface area (Å²) in [5.41, 5.74) is 10.9. The Morgan fingerprint density at radius 2 is 1.16 bits per heavy atom. The molecule has 0 radical (unpaired) electrons. The smallest absolute Gasteiger partial charge is 0.187 e. The fourth-order valence-electron chi connectivity index (χ4n) is 6.53. The van der Waals surface area contributed by atoms with Crippen LogP contribution in [0, 0.1) is 6.57 Å². The van der Waals surface area contributed by atoms with Gasteiger partial charge in [0, 0.05) is 16.3 Å². The van der Waals surface area contributed by atoms with Gasteiger partial charge in [0.25, 0.3) is 0 Å². The monoisotopic (exact) mass is 572 g/mol. The first-order chi connectivity index (χ1) is 22.2. The molecule has 0 aliphatic heterocycles. The van der Waals surface area contributed by atoms with E-state index in [4.69, 9.17) is 16.5 Å². The predicted molar refractivity (Wildman–Crippen MR) is 186 cm³/mol. The molecule has 0 aliphatic carbocycles. The Morgan fingerprint density at radius 3 is 2.02 bits per heavy atom. The minimum Gasteiger partial charge on any atom is -0.292 e. The summed E-state index contributed by atoms with van der Waals surface area (Å²) in [5.74, 6) is 0. The Morgan fingerprint density at radius 1 is 0.467 bits per heavy atom. The molecule has 9 aromatic rings. The molecule has 4 nitrogen and oxygen atoms in total. The molecular weight excluding hydrogens is 548 g/mol. The largest absolute Gasteiger partial charge is 0.292 e. The second-order valence-corrected chi connectivity index (χ2v) is 11.4. The molecule has 0 N–H and O–H groups in total. The third-order valence-corrected chi connectivity index (χ3v) is 8.77.